The summed E-state index contributed by atoms with van der Waals surface area (Å²) in [4.78, 5) is 28.4. The van der Waals surface area contributed by atoms with Gasteiger partial charge >= 0.3 is 5.69 Å². The first-order valence-corrected chi connectivity index (χ1v) is 8.35. The standard InChI is InChI=1S/C18H21N5O2/c1-22-17(24)9-16(21-18(22)25)23-8-4-7-15(12-23)20-11-14-6-3-2-5-13(14)10-19/h2-3,5-6,9,15,20H,4,7-8,11-12H2,1H3,(H,21,25). The number of aromatic nitrogens is 2. The molecule has 1 aromatic carbocycles. The number of H-pyrrole nitrogens is 1. The van der Waals surface area contributed by atoms with Crippen LogP contribution < -0.4 is 21.5 Å². The Morgan fingerprint density at radius 2 is 2.16 bits per heavy atom. The van der Waals surface area contributed by atoms with Gasteiger partial charge in [-0.05, 0) is 24.5 Å². The van der Waals surface area contributed by atoms with E-state index in [1.54, 1.807) is 0 Å². The Morgan fingerprint density at radius 1 is 1.36 bits per heavy atom. The van der Waals surface area contributed by atoms with Gasteiger partial charge in [-0.1, -0.05) is 18.2 Å². The maximum atomic E-state index is 11.8. The first-order chi connectivity index (χ1) is 12.1. The van der Waals surface area contributed by atoms with E-state index in [2.05, 4.69) is 16.4 Å². The lowest BCUT2D eigenvalue weighted by Gasteiger charge is -2.34. The van der Waals surface area contributed by atoms with Crippen molar-refractivity contribution in [2.24, 2.45) is 7.05 Å². The summed E-state index contributed by atoms with van der Waals surface area (Å²) in [6.07, 6.45) is 1.98. The molecule has 0 saturated carbocycles. The minimum atomic E-state index is -0.402. The molecule has 130 valence electrons. The lowest BCUT2D eigenvalue weighted by molar-refractivity contribution is 0.419. The molecule has 1 fully saturated rings. The van der Waals surface area contributed by atoms with Gasteiger partial charge in [0.2, 0.25) is 0 Å². The van der Waals surface area contributed by atoms with Gasteiger partial charge < -0.3 is 10.2 Å². The molecule has 0 spiro atoms. The average Bonchev–Trinajstić information content (AvgIpc) is 2.64. The van der Waals surface area contributed by atoms with Crippen LogP contribution in [-0.2, 0) is 13.6 Å². The van der Waals surface area contributed by atoms with Gasteiger partial charge in [-0.3, -0.25) is 14.3 Å². The fraction of sp³-hybridized carbons (Fsp3) is 0.389. The highest BCUT2D eigenvalue weighted by Gasteiger charge is 2.21. The zero-order chi connectivity index (χ0) is 17.8. The van der Waals surface area contributed by atoms with Crippen LogP contribution in [0.4, 0.5) is 5.82 Å². The summed E-state index contributed by atoms with van der Waals surface area (Å²) in [5.41, 5.74) is 0.944. The maximum absolute atomic E-state index is 11.8. The molecule has 7 nitrogen and oxygen atoms in total. The summed E-state index contributed by atoms with van der Waals surface area (Å²) >= 11 is 0. The Bertz CT molecular complexity index is 877. The first-order valence-electron chi connectivity index (χ1n) is 8.35. The van der Waals surface area contributed by atoms with Crippen LogP contribution in [0.2, 0.25) is 0 Å². The number of aromatic amines is 1. The zero-order valence-corrected chi connectivity index (χ0v) is 14.2. The summed E-state index contributed by atoms with van der Waals surface area (Å²) in [6, 6.07) is 11.5. The predicted octanol–water partition coefficient (Wildman–Crippen LogP) is 0.704. The first kappa shape index (κ1) is 17.0. The molecule has 2 aromatic rings. The third-order valence-corrected chi connectivity index (χ3v) is 4.61. The van der Waals surface area contributed by atoms with E-state index >= 15 is 0 Å². The van der Waals surface area contributed by atoms with Crippen LogP contribution in [0, 0.1) is 11.3 Å². The van der Waals surface area contributed by atoms with E-state index in [1.165, 1.54) is 13.1 Å². The van der Waals surface area contributed by atoms with Crippen molar-refractivity contribution >= 4 is 5.82 Å². The summed E-state index contributed by atoms with van der Waals surface area (Å²) in [7, 11) is 1.46. The number of nitrogens with zero attached hydrogens (tertiary/aromatic N) is 3. The van der Waals surface area contributed by atoms with Crippen molar-refractivity contribution in [2.45, 2.75) is 25.4 Å². The molecule has 25 heavy (non-hydrogen) atoms. The van der Waals surface area contributed by atoms with Crippen molar-refractivity contribution in [3.05, 3.63) is 62.3 Å². The fourth-order valence-electron chi connectivity index (χ4n) is 3.11. The van der Waals surface area contributed by atoms with Crippen LogP contribution in [0.5, 0.6) is 0 Å². The molecule has 1 atom stereocenters. The molecule has 7 heteroatoms. The molecule has 2 heterocycles. The van der Waals surface area contributed by atoms with Crippen LogP contribution in [0.15, 0.2) is 39.9 Å². The minimum Gasteiger partial charge on any atom is -0.356 e. The number of nitriles is 1. The monoisotopic (exact) mass is 339 g/mol. The molecule has 1 unspecified atom stereocenters. The van der Waals surface area contributed by atoms with Gasteiger partial charge in [0.1, 0.15) is 5.82 Å². The van der Waals surface area contributed by atoms with E-state index in [0.717, 1.165) is 29.5 Å². The molecular weight excluding hydrogens is 318 g/mol. The van der Waals surface area contributed by atoms with Crippen LogP contribution in [0.3, 0.4) is 0 Å². The van der Waals surface area contributed by atoms with E-state index < -0.39 is 5.69 Å². The smallest absolute Gasteiger partial charge is 0.329 e. The molecule has 0 aliphatic carbocycles. The molecule has 0 radical (unpaired) electrons. The molecule has 1 aliphatic heterocycles. The molecule has 1 aliphatic rings. The Morgan fingerprint density at radius 3 is 2.92 bits per heavy atom. The zero-order valence-electron chi connectivity index (χ0n) is 14.2. The summed E-state index contributed by atoms with van der Waals surface area (Å²) in [5, 5.41) is 12.7. The van der Waals surface area contributed by atoms with Crippen molar-refractivity contribution < 1.29 is 0 Å². The van der Waals surface area contributed by atoms with E-state index in [9.17, 15) is 9.59 Å². The molecule has 0 bridgehead atoms. The van der Waals surface area contributed by atoms with Crippen LogP contribution in [0.1, 0.15) is 24.0 Å². The number of benzene rings is 1. The molecule has 0 amide bonds. The third kappa shape index (κ3) is 3.80. The second-order valence-corrected chi connectivity index (χ2v) is 6.29. The van der Waals surface area contributed by atoms with Gasteiger partial charge in [0, 0.05) is 38.8 Å². The van der Waals surface area contributed by atoms with Crippen molar-refractivity contribution in [1.29, 1.82) is 5.26 Å². The highest BCUT2D eigenvalue weighted by Crippen LogP contribution is 2.16. The van der Waals surface area contributed by atoms with Crippen molar-refractivity contribution in [3.8, 4) is 6.07 Å². The number of hydrogen-bond donors (Lipinski definition) is 2. The second kappa shape index (κ2) is 7.36. The summed E-state index contributed by atoms with van der Waals surface area (Å²) < 4.78 is 1.06. The summed E-state index contributed by atoms with van der Waals surface area (Å²) in [5.74, 6) is 0.567. The van der Waals surface area contributed by atoms with E-state index in [0.29, 0.717) is 24.5 Å². The quantitative estimate of drug-likeness (QED) is 0.855. The average molecular weight is 339 g/mol. The number of anilines is 1. The van der Waals surface area contributed by atoms with Gasteiger partial charge in [-0.2, -0.15) is 5.26 Å². The van der Waals surface area contributed by atoms with Crippen molar-refractivity contribution in [2.75, 3.05) is 18.0 Å². The number of piperidine rings is 1. The SMILES string of the molecule is Cn1c(=O)cc(N2CCCC(NCc3ccccc3C#N)C2)[nH]c1=O. The van der Waals surface area contributed by atoms with Gasteiger partial charge in [0.25, 0.3) is 5.56 Å². The molecule has 2 N–H and O–H groups in total. The molecule has 1 saturated heterocycles. The molecular formula is C18H21N5O2. The Labute approximate surface area is 145 Å². The molecule has 1 aromatic heterocycles. The summed E-state index contributed by atoms with van der Waals surface area (Å²) in [6.45, 7) is 2.13. The topological polar surface area (TPSA) is 93.9 Å². The van der Waals surface area contributed by atoms with Crippen LogP contribution in [-0.4, -0.2) is 28.7 Å². The largest absolute Gasteiger partial charge is 0.356 e. The predicted molar refractivity (Wildman–Crippen MR) is 95.5 cm³/mol. The van der Waals surface area contributed by atoms with Crippen LogP contribution in [0.25, 0.3) is 0 Å². The minimum absolute atomic E-state index is 0.230. The third-order valence-electron chi connectivity index (χ3n) is 4.61. The Hall–Kier alpha value is -2.85. The lowest BCUT2D eigenvalue weighted by atomic mass is 10.0. The highest BCUT2D eigenvalue weighted by atomic mass is 16.2. The fourth-order valence-corrected chi connectivity index (χ4v) is 3.11. The highest BCUT2D eigenvalue weighted by molar-refractivity contribution is 5.38. The second-order valence-electron chi connectivity index (χ2n) is 6.29. The van der Waals surface area contributed by atoms with Crippen LogP contribution >= 0.6 is 0 Å². The maximum Gasteiger partial charge on any atom is 0.329 e. The van der Waals surface area contributed by atoms with Crippen molar-refractivity contribution in [1.82, 2.24) is 14.9 Å². The molecule has 3 rings (SSSR count). The normalized spacial score (nSPS) is 17.3. The van der Waals surface area contributed by atoms with E-state index in [1.807, 2.05) is 29.2 Å². The number of nitrogens with one attached hydrogen (secondary N) is 2. The van der Waals surface area contributed by atoms with E-state index in [4.69, 9.17) is 5.26 Å². The Balaban J connectivity index is 1.69. The van der Waals surface area contributed by atoms with Crippen molar-refractivity contribution in [3.63, 3.8) is 0 Å². The van der Waals surface area contributed by atoms with Gasteiger partial charge in [0.05, 0.1) is 11.6 Å². The van der Waals surface area contributed by atoms with Gasteiger partial charge in [-0.15, -0.1) is 0 Å². The lowest BCUT2D eigenvalue weighted by Crippen LogP contribution is -2.47. The number of hydrogen-bond acceptors (Lipinski definition) is 5. The van der Waals surface area contributed by atoms with Gasteiger partial charge in [-0.25, -0.2) is 4.79 Å². The Kier molecular flexibility index (Phi) is 5.00. The van der Waals surface area contributed by atoms with Gasteiger partial charge in [0.15, 0.2) is 0 Å². The number of rotatable bonds is 4. The van der Waals surface area contributed by atoms with E-state index in [-0.39, 0.29) is 11.6 Å².